The Morgan fingerprint density at radius 3 is 2.17 bits per heavy atom. The summed E-state index contributed by atoms with van der Waals surface area (Å²) in [6, 6.07) is 18.4. The van der Waals surface area contributed by atoms with Crippen LogP contribution < -0.4 is 16.2 Å². The summed E-state index contributed by atoms with van der Waals surface area (Å²) in [5.41, 5.74) is 7.58. The van der Waals surface area contributed by atoms with Gasteiger partial charge in [-0.05, 0) is 106 Å². The third-order valence-corrected chi connectivity index (χ3v) is 9.15. The van der Waals surface area contributed by atoms with Gasteiger partial charge >= 0.3 is 6.09 Å². The number of hydrogen-bond acceptors (Lipinski definition) is 5. The van der Waals surface area contributed by atoms with Crippen LogP contribution in [-0.2, 0) is 21.4 Å². The van der Waals surface area contributed by atoms with Gasteiger partial charge in [0.2, 0.25) is 0 Å². The van der Waals surface area contributed by atoms with Crippen molar-refractivity contribution in [1.29, 1.82) is 0 Å². The van der Waals surface area contributed by atoms with Gasteiger partial charge in [0.25, 0.3) is 11.8 Å². The molecular formula is C34H40N4O4. The molecule has 0 aliphatic heterocycles. The van der Waals surface area contributed by atoms with Crippen molar-refractivity contribution in [3.05, 3.63) is 77.5 Å². The van der Waals surface area contributed by atoms with E-state index in [9.17, 15) is 14.4 Å². The molecule has 1 heterocycles. The first-order chi connectivity index (χ1) is 20.1. The van der Waals surface area contributed by atoms with Gasteiger partial charge in [-0.15, -0.1) is 0 Å². The minimum atomic E-state index is -0.963. The van der Waals surface area contributed by atoms with E-state index < -0.39 is 29.6 Å². The van der Waals surface area contributed by atoms with E-state index in [-0.39, 0.29) is 17.5 Å². The Morgan fingerprint density at radius 1 is 0.905 bits per heavy atom. The highest BCUT2D eigenvalue weighted by Crippen LogP contribution is 2.61. The molecule has 0 spiro atoms. The zero-order valence-corrected chi connectivity index (χ0v) is 24.6. The number of pyridine rings is 1. The molecule has 3 amide bonds. The Morgan fingerprint density at radius 2 is 1.52 bits per heavy atom. The maximum atomic E-state index is 13.5. The SMILES string of the molecule is CC(C)(C)OC(=O)N[C@@H](Cc1ccccc1)C(=O)NNC(=O)c1cc(C23CC4CC(CC(C4)C2)C3)c2ccccc2n1. The second kappa shape index (κ2) is 11.0. The maximum Gasteiger partial charge on any atom is 0.408 e. The Labute approximate surface area is 247 Å². The van der Waals surface area contributed by atoms with Gasteiger partial charge in [0.1, 0.15) is 17.3 Å². The third kappa shape index (κ3) is 5.98. The van der Waals surface area contributed by atoms with Gasteiger partial charge in [-0.3, -0.25) is 20.4 Å². The van der Waals surface area contributed by atoms with Gasteiger partial charge in [-0.1, -0.05) is 48.5 Å². The summed E-state index contributed by atoms with van der Waals surface area (Å²) in [5, 5.41) is 3.77. The van der Waals surface area contributed by atoms with Crippen LogP contribution in [-0.4, -0.2) is 34.5 Å². The van der Waals surface area contributed by atoms with Crippen molar-refractivity contribution >= 4 is 28.8 Å². The number of alkyl carbamates (subject to hydrolysis) is 1. The van der Waals surface area contributed by atoms with Crippen molar-refractivity contribution in [1.82, 2.24) is 21.2 Å². The highest BCUT2D eigenvalue weighted by Gasteiger charge is 2.52. The number of hydrogen-bond donors (Lipinski definition) is 3. The number of carbonyl (C=O) groups is 3. The first-order valence-electron chi connectivity index (χ1n) is 15.1. The van der Waals surface area contributed by atoms with Crippen LogP contribution in [0.15, 0.2) is 60.7 Å². The number of amides is 3. The minimum absolute atomic E-state index is 0.0771. The van der Waals surface area contributed by atoms with Crippen LogP contribution >= 0.6 is 0 Å². The Kier molecular flexibility index (Phi) is 7.41. The molecule has 4 saturated carbocycles. The summed E-state index contributed by atoms with van der Waals surface area (Å²) >= 11 is 0. The lowest BCUT2D eigenvalue weighted by Gasteiger charge is -2.57. The number of aromatic nitrogens is 1. The minimum Gasteiger partial charge on any atom is -0.444 e. The summed E-state index contributed by atoms with van der Waals surface area (Å²) in [4.78, 5) is 44.0. The quantitative estimate of drug-likeness (QED) is 0.336. The zero-order valence-electron chi connectivity index (χ0n) is 24.6. The topological polar surface area (TPSA) is 109 Å². The van der Waals surface area contributed by atoms with E-state index in [0.717, 1.165) is 34.2 Å². The molecule has 3 aromatic rings. The number of rotatable bonds is 6. The predicted molar refractivity (Wildman–Crippen MR) is 161 cm³/mol. The largest absolute Gasteiger partial charge is 0.444 e. The normalized spacial score (nSPS) is 25.1. The van der Waals surface area contributed by atoms with Crippen LogP contribution in [0, 0.1) is 17.8 Å². The molecule has 7 rings (SSSR count). The summed E-state index contributed by atoms with van der Waals surface area (Å²) in [5.74, 6) is 1.24. The number of para-hydroxylation sites is 1. The van der Waals surface area contributed by atoms with Gasteiger partial charge in [-0.25, -0.2) is 9.78 Å². The fourth-order valence-electron chi connectivity index (χ4n) is 7.95. The number of fused-ring (bicyclic) bond motifs is 1. The Hall–Kier alpha value is -3.94. The highest BCUT2D eigenvalue weighted by atomic mass is 16.6. The smallest absolute Gasteiger partial charge is 0.408 e. The van der Waals surface area contributed by atoms with Crippen molar-refractivity contribution < 1.29 is 19.1 Å². The molecule has 220 valence electrons. The monoisotopic (exact) mass is 568 g/mol. The van der Waals surface area contributed by atoms with Crippen LogP contribution in [0.1, 0.15) is 80.9 Å². The van der Waals surface area contributed by atoms with E-state index in [1.54, 1.807) is 20.8 Å². The molecule has 4 aliphatic rings. The highest BCUT2D eigenvalue weighted by molar-refractivity contribution is 5.98. The zero-order chi connectivity index (χ0) is 29.5. The molecule has 8 heteroatoms. The molecule has 4 aliphatic carbocycles. The van der Waals surface area contributed by atoms with Crippen LogP contribution in [0.3, 0.4) is 0 Å². The first kappa shape index (κ1) is 28.2. The van der Waals surface area contributed by atoms with Crippen LogP contribution in [0.4, 0.5) is 4.79 Å². The summed E-state index contributed by atoms with van der Waals surface area (Å²) < 4.78 is 5.38. The number of nitrogens with zero attached hydrogens (tertiary/aromatic N) is 1. The average Bonchev–Trinajstić information content (AvgIpc) is 2.93. The van der Waals surface area contributed by atoms with Crippen LogP contribution in [0.2, 0.25) is 0 Å². The van der Waals surface area contributed by atoms with E-state index in [1.165, 1.54) is 44.1 Å². The summed E-state index contributed by atoms with van der Waals surface area (Å²) in [6.07, 6.45) is 7.04. The van der Waals surface area contributed by atoms with E-state index in [2.05, 4.69) is 27.2 Å². The lowest BCUT2D eigenvalue weighted by Crippen LogP contribution is -2.54. The molecule has 42 heavy (non-hydrogen) atoms. The van der Waals surface area contributed by atoms with Crippen molar-refractivity contribution in [3.8, 4) is 0 Å². The number of carbonyl (C=O) groups excluding carboxylic acids is 3. The van der Waals surface area contributed by atoms with Crippen LogP contribution in [0.25, 0.3) is 10.9 Å². The number of benzene rings is 2. The molecule has 3 N–H and O–H groups in total. The van der Waals surface area contributed by atoms with Crippen molar-refractivity contribution in [2.24, 2.45) is 17.8 Å². The van der Waals surface area contributed by atoms with E-state index in [4.69, 9.17) is 4.74 Å². The third-order valence-electron chi connectivity index (χ3n) is 9.15. The van der Waals surface area contributed by atoms with Gasteiger partial charge in [0, 0.05) is 11.8 Å². The van der Waals surface area contributed by atoms with Gasteiger partial charge in [-0.2, -0.15) is 0 Å². The van der Waals surface area contributed by atoms with Gasteiger partial charge < -0.3 is 10.1 Å². The van der Waals surface area contributed by atoms with Crippen molar-refractivity contribution in [2.45, 2.75) is 82.8 Å². The van der Waals surface area contributed by atoms with E-state index >= 15 is 0 Å². The second-order valence-electron chi connectivity index (χ2n) is 13.6. The van der Waals surface area contributed by atoms with Crippen molar-refractivity contribution in [3.63, 3.8) is 0 Å². The van der Waals surface area contributed by atoms with Crippen molar-refractivity contribution in [2.75, 3.05) is 0 Å². The predicted octanol–water partition coefficient (Wildman–Crippen LogP) is 5.60. The van der Waals surface area contributed by atoms with E-state index in [0.29, 0.717) is 0 Å². The lowest BCUT2D eigenvalue weighted by atomic mass is 9.48. The van der Waals surface area contributed by atoms with Crippen LogP contribution in [0.5, 0.6) is 0 Å². The molecule has 8 nitrogen and oxygen atoms in total. The number of ether oxygens (including phenoxy) is 1. The molecule has 0 saturated heterocycles. The number of hydrazine groups is 1. The fraction of sp³-hybridized carbons (Fsp3) is 0.471. The first-order valence-corrected chi connectivity index (χ1v) is 15.1. The molecule has 4 fully saturated rings. The molecule has 4 bridgehead atoms. The lowest BCUT2D eigenvalue weighted by molar-refractivity contribution is -0.124. The maximum absolute atomic E-state index is 13.5. The molecule has 2 aromatic carbocycles. The summed E-state index contributed by atoms with van der Waals surface area (Å²) in [7, 11) is 0. The molecule has 0 unspecified atom stereocenters. The Bertz CT molecular complexity index is 1460. The average molecular weight is 569 g/mol. The fourth-order valence-corrected chi connectivity index (χ4v) is 7.95. The standard InChI is InChI=1S/C34H40N4O4/c1-33(2,3)42-32(41)36-28(16-21-9-5-4-6-10-21)30(39)37-38-31(40)29-17-26(25-11-7-8-12-27(25)35-29)34-18-22-13-23(19-34)15-24(14-22)20-34/h4-12,17,22-24,28H,13-16,18-20H2,1-3H3,(H,36,41)(H,37,39)(H,38,40)/t22?,23?,24?,28-,34?/m0/s1. The number of nitrogens with one attached hydrogen (secondary N) is 3. The molecule has 1 atom stereocenters. The molecule has 1 aromatic heterocycles. The molecule has 0 radical (unpaired) electrons. The Balaban J connectivity index is 1.21. The molecular weight excluding hydrogens is 528 g/mol. The second-order valence-corrected chi connectivity index (χ2v) is 13.6. The summed E-state index contributed by atoms with van der Waals surface area (Å²) in [6.45, 7) is 5.27. The van der Waals surface area contributed by atoms with Gasteiger partial charge in [0.05, 0.1) is 5.52 Å². The van der Waals surface area contributed by atoms with Gasteiger partial charge in [0.15, 0.2) is 0 Å². The van der Waals surface area contributed by atoms with E-state index in [1.807, 2.05) is 54.6 Å².